The van der Waals surface area contributed by atoms with Crippen LogP contribution in [0.25, 0.3) is 10.9 Å². The molecule has 0 saturated carbocycles. The van der Waals surface area contributed by atoms with Gasteiger partial charge in [-0.05, 0) is 34.1 Å². The van der Waals surface area contributed by atoms with E-state index >= 15 is 0 Å². The van der Waals surface area contributed by atoms with E-state index in [-0.39, 0.29) is 23.9 Å². The molecule has 0 saturated heterocycles. The maximum absolute atomic E-state index is 12.9. The summed E-state index contributed by atoms with van der Waals surface area (Å²) in [4.78, 5) is 26.0. The monoisotopic (exact) mass is 389 g/mol. The molecular formula is C17H12BrNO3S. The van der Waals surface area contributed by atoms with Crippen LogP contribution in [0.2, 0.25) is 0 Å². The Morgan fingerprint density at radius 1 is 1.30 bits per heavy atom. The highest BCUT2D eigenvalue weighted by Crippen LogP contribution is 2.42. The van der Waals surface area contributed by atoms with Crippen molar-refractivity contribution in [1.82, 2.24) is 4.57 Å². The molecule has 1 aromatic carbocycles. The molecule has 0 aliphatic carbocycles. The molecule has 23 heavy (non-hydrogen) atoms. The number of ether oxygens (including phenoxy) is 1. The maximum atomic E-state index is 12.9. The summed E-state index contributed by atoms with van der Waals surface area (Å²) in [5, 5.41) is 2.75. The molecule has 2 aromatic heterocycles. The van der Waals surface area contributed by atoms with Crippen molar-refractivity contribution in [2.24, 2.45) is 7.05 Å². The molecule has 0 fully saturated rings. The smallest absolute Gasteiger partial charge is 0.312 e. The highest BCUT2D eigenvalue weighted by atomic mass is 79.9. The van der Waals surface area contributed by atoms with E-state index in [9.17, 15) is 9.59 Å². The lowest BCUT2D eigenvalue weighted by Gasteiger charge is -2.25. The second-order valence-electron chi connectivity index (χ2n) is 5.52. The van der Waals surface area contributed by atoms with Gasteiger partial charge in [-0.2, -0.15) is 0 Å². The molecule has 6 heteroatoms. The van der Waals surface area contributed by atoms with Gasteiger partial charge in [0.2, 0.25) is 0 Å². The van der Waals surface area contributed by atoms with E-state index in [1.165, 1.54) is 11.3 Å². The summed E-state index contributed by atoms with van der Waals surface area (Å²) in [6, 6.07) is 9.45. The van der Waals surface area contributed by atoms with E-state index in [2.05, 4.69) is 15.9 Å². The number of fused-ring (bicyclic) bond motifs is 3. The number of nitrogens with zero attached hydrogens (tertiary/aromatic N) is 1. The Kier molecular flexibility index (Phi) is 3.39. The van der Waals surface area contributed by atoms with Gasteiger partial charge in [0.15, 0.2) is 0 Å². The topological polar surface area (TPSA) is 48.3 Å². The summed E-state index contributed by atoms with van der Waals surface area (Å²) in [7, 11) is 1.75. The second-order valence-corrected chi connectivity index (χ2v) is 7.38. The second kappa shape index (κ2) is 5.32. The molecule has 116 valence electrons. The Balaban J connectivity index is 2.08. The third-order valence-electron chi connectivity index (χ3n) is 4.16. The Morgan fingerprint density at radius 3 is 2.83 bits per heavy atom. The predicted molar refractivity (Wildman–Crippen MR) is 93.3 cm³/mol. The van der Waals surface area contributed by atoms with Crippen LogP contribution < -0.4 is 10.3 Å². The number of hydrogen-bond donors (Lipinski definition) is 0. The number of benzene rings is 1. The lowest BCUT2D eigenvalue weighted by atomic mass is 9.91. The quantitative estimate of drug-likeness (QED) is 0.594. The van der Waals surface area contributed by atoms with Crippen LogP contribution in [0.1, 0.15) is 22.8 Å². The molecule has 1 aliphatic rings. The first-order valence-corrected chi connectivity index (χ1v) is 8.79. The van der Waals surface area contributed by atoms with Crippen LogP contribution in [0.4, 0.5) is 0 Å². The average molecular weight is 390 g/mol. The molecule has 0 N–H and O–H groups in total. The van der Waals surface area contributed by atoms with Crippen molar-refractivity contribution in [3.05, 3.63) is 61.0 Å². The zero-order chi connectivity index (χ0) is 16.1. The average Bonchev–Trinajstić information content (AvgIpc) is 2.98. The molecule has 1 atom stereocenters. The minimum Gasteiger partial charge on any atom is -0.425 e. The number of halogens is 1. The zero-order valence-electron chi connectivity index (χ0n) is 12.2. The summed E-state index contributed by atoms with van der Waals surface area (Å²) < 4.78 is 8.06. The third kappa shape index (κ3) is 2.24. The lowest BCUT2D eigenvalue weighted by Crippen LogP contribution is -2.31. The van der Waals surface area contributed by atoms with Crippen molar-refractivity contribution in [2.75, 3.05) is 0 Å². The first-order valence-electron chi connectivity index (χ1n) is 7.12. The van der Waals surface area contributed by atoms with Gasteiger partial charge >= 0.3 is 5.97 Å². The van der Waals surface area contributed by atoms with Crippen LogP contribution >= 0.6 is 27.3 Å². The summed E-state index contributed by atoms with van der Waals surface area (Å²) >= 11 is 4.98. The van der Waals surface area contributed by atoms with E-state index in [1.807, 2.05) is 35.7 Å². The van der Waals surface area contributed by atoms with Crippen LogP contribution in [0.15, 0.2) is 45.0 Å². The highest BCUT2D eigenvalue weighted by Gasteiger charge is 2.34. The van der Waals surface area contributed by atoms with Crippen LogP contribution in [-0.2, 0) is 11.8 Å². The number of aryl methyl sites for hydroxylation is 1. The SMILES string of the molecule is Cn1c(=O)c2c(c3ccccc31)OC(=O)CC2c1cc(Br)cs1. The van der Waals surface area contributed by atoms with Crippen LogP contribution in [0, 0.1) is 0 Å². The number of thiophene rings is 1. The number of esters is 1. The molecule has 4 nitrogen and oxygen atoms in total. The van der Waals surface area contributed by atoms with Gasteiger partial charge in [-0.25, -0.2) is 0 Å². The van der Waals surface area contributed by atoms with Gasteiger partial charge in [0.1, 0.15) is 5.75 Å². The number of para-hydroxylation sites is 1. The molecule has 0 amide bonds. The number of hydrogen-bond acceptors (Lipinski definition) is 4. The Bertz CT molecular complexity index is 1000. The van der Waals surface area contributed by atoms with Crippen molar-refractivity contribution in [3.63, 3.8) is 0 Å². The molecular weight excluding hydrogens is 378 g/mol. The van der Waals surface area contributed by atoms with Gasteiger partial charge in [-0.1, -0.05) is 12.1 Å². The van der Waals surface area contributed by atoms with Crippen molar-refractivity contribution in [2.45, 2.75) is 12.3 Å². The first-order chi connectivity index (χ1) is 11.1. The largest absolute Gasteiger partial charge is 0.425 e. The molecule has 1 aliphatic heterocycles. The highest BCUT2D eigenvalue weighted by molar-refractivity contribution is 9.10. The number of carbonyl (C=O) groups is 1. The van der Waals surface area contributed by atoms with E-state index in [0.717, 1.165) is 20.3 Å². The van der Waals surface area contributed by atoms with Crippen molar-refractivity contribution in [1.29, 1.82) is 0 Å². The Labute approximate surface area is 144 Å². The zero-order valence-corrected chi connectivity index (χ0v) is 14.6. The summed E-state index contributed by atoms with van der Waals surface area (Å²) in [6.45, 7) is 0. The summed E-state index contributed by atoms with van der Waals surface area (Å²) in [5.74, 6) is -0.147. The molecule has 0 spiro atoms. The molecule has 1 unspecified atom stereocenters. The van der Waals surface area contributed by atoms with Gasteiger partial charge < -0.3 is 9.30 Å². The van der Waals surface area contributed by atoms with Crippen molar-refractivity contribution < 1.29 is 9.53 Å². The van der Waals surface area contributed by atoms with E-state index < -0.39 is 0 Å². The molecule has 0 radical (unpaired) electrons. The fourth-order valence-corrected chi connectivity index (χ4v) is 4.64. The van der Waals surface area contributed by atoms with Crippen LogP contribution in [-0.4, -0.2) is 10.5 Å². The van der Waals surface area contributed by atoms with Gasteiger partial charge in [0.05, 0.1) is 17.5 Å². The summed E-state index contributed by atoms with van der Waals surface area (Å²) in [5.41, 5.74) is 1.22. The van der Waals surface area contributed by atoms with Crippen LogP contribution in [0.3, 0.4) is 0 Å². The van der Waals surface area contributed by atoms with Crippen molar-refractivity contribution in [3.8, 4) is 5.75 Å². The van der Waals surface area contributed by atoms with Crippen LogP contribution in [0.5, 0.6) is 5.75 Å². The minimum atomic E-state index is -0.301. The van der Waals surface area contributed by atoms with Gasteiger partial charge in [0.25, 0.3) is 5.56 Å². The van der Waals surface area contributed by atoms with E-state index in [0.29, 0.717) is 11.3 Å². The Morgan fingerprint density at radius 2 is 2.09 bits per heavy atom. The lowest BCUT2D eigenvalue weighted by molar-refractivity contribution is -0.135. The number of rotatable bonds is 1. The van der Waals surface area contributed by atoms with Crippen molar-refractivity contribution >= 4 is 44.1 Å². The molecule has 3 aromatic rings. The van der Waals surface area contributed by atoms with Gasteiger partial charge in [0, 0.05) is 33.1 Å². The normalized spacial score (nSPS) is 17.1. The van der Waals surface area contributed by atoms with Gasteiger partial charge in [-0.15, -0.1) is 11.3 Å². The number of pyridine rings is 1. The molecule has 0 bridgehead atoms. The first kappa shape index (κ1) is 14.7. The van der Waals surface area contributed by atoms with Gasteiger partial charge in [-0.3, -0.25) is 9.59 Å². The number of aromatic nitrogens is 1. The summed E-state index contributed by atoms with van der Waals surface area (Å²) in [6.07, 6.45) is 0.188. The molecule has 4 rings (SSSR count). The van der Waals surface area contributed by atoms with E-state index in [4.69, 9.17) is 4.74 Å². The standard InChI is InChI=1S/C17H12BrNO3S/c1-19-12-5-3-2-4-10(12)16-15(17(19)21)11(7-14(20)22-16)13-6-9(18)8-23-13/h2-6,8,11H,7H2,1H3. The molecule has 3 heterocycles. The third-order valence-corrected chi connectivity index (χ3v) is 5.96. The fourth-order valence-electron chi connectivity index (χ4n) is 3.09. The fraction of sp³-hybridized carbons (Fsp3) is 0.176. The maximum Gasteiger partial charge on any atom is 0.312 e. The minimum absolute atomic E-state index is 0.110. The predicted octanol–water partition coefficient (Wildman–Crippen LogP) is 3.80. The van der Waals surface area contributed by atoms with E-state index in [1.54, 1.807) is 11.6 Å². The number of carbonyl (C=O) groups excluding carboxylic acids is 1. The Hall–Kier alpha value is -1.92.